The maximum absolute atomic E-state index is 13.1. The molecule has 0 aromatic heterocycles. The van der Waals surface area contributed by atoms with Crippen molar-refractivity contribution >= 4 is 0 Å². The van der Waals surface area contributed by atoms with Gasteiger partial charge in [0.05, 0.1) is 0 Å². The van der Waals surface area contributed by atoms with Crippen LogP contribution in [0.15, 0.2) is 48.5 Å². The van der Waals surface area contributed by atoms with E-state index in [1.165, 1.54) is 100 Å². The molecule has 0 unspecified atom stereocenters. The van der Waals surface area contributed by atoms with Gasteiger partial charge in [0.15, 0.2) is 0 Å². The van der Waals surface area contributed by atoms with Crippen molar-refractivity contribution in [2.24, 2.45) is 10.8 Å². The first-order chi connectivity index (χ1) is 13.6. The van der Waals surface area contributed by atoms with Gasteiger partial charge in [0, 0.05) is 0 Å². The van der Waals surface area contributed by atoms with Gasteiger partial charge in [-0.3, -0.25) is 0 Å². The number of halogens is 1. The lowest BCUT2D eigenvalue weighted by molar-refractivity contribution is -0.0204. The van der Waals surface area contributed by atoms with Gasteiger partial charge in [-0.1, -0.05) is 62.6 Å². The second kappa shape index (κ2) is 8.39. The summed E-state index contributed by atoms with van der Waals surface area (Å²) < 4.78 is 13.1. The van der Waals surface area contributed by atoms with Crippen LogP contribution in [0.5, 0.6) is 0 Å². The summed E-state index contributed by atoms with van der Waals surface area (Å²) in [7, 11) is 0. The Morgan fingerprint density at radius 3 is 1.71 bits per heavy atom. The largest absolute Gasteiger partial charge is 0.207 e. The normalized spacial score (nSPS) is 26.5. The molecule has 3 aliphatic rings. The van der Waals surface area contributed by atoms with Crippen molar-refractivity contribution in [1.29, 1.82) is 0 Å². The molecule has 0 N–H and O–H groups in total. The molecule has 0 atom stereocenters. The first-order valence-corrected chi connectivity index (χ1v) is 11.5. The molecule has 0 aliphatic heterocycles. The lowest BCUT2D eigenvalue weighted by Gasteiger charge is -2.54. The van der Waals surface area contributed by atoms with E-state index in [2.05, 4.69) is 31.2 Å². The number of benzene rings is 2. The number of fused-ring (bicyclic) bond motifs is 3. The average Bonchev–Trinajstić information content (AvgIpc) is 2.75. The van der Waals surface area contributed by atoms with E-state index in [1.54, 1.807) is 0 Å². The Morgan fingerprint density at radius 1 is 0.679 bits per heavy atom. The van der Waals surface area contributed by atoms with Crippen LogP contribution in [0.3, 0.4) is 0 Å². The Bertz CT molecular complexity index is 731. The quantitative estimate of drug-likeness (QED) is 0.405. The Labute approximate surface area is 170 Å². The SMILES string of the molecule is CCCCCC12CCC(CCc3ccc(-c4ccc(F)cc4)cc3)(CC1)CC2. The minimum atomic E-state index is -0.172. The maximum Gasteiger partial charge on any atom is 0.123 e. The first-order valence-electron chi connectivity index (χ1n) is 11.5. The van der Waals surface area contributed by atoms with Gasteiger partial charge in [0.2, 0.25) is 0 Å². The summed E-state index contributed by atoms with van der Waals surface area (Å²) in [5, 5.41) is 0. The van der Waals surface area contributed by atoms with Gasteiger partial charge in [0.25, 0.3) is 0 Å². The minimum Gasteiger partial charge on any atom is -0.207 e. The van der Waals surface area contributed by atoms with Crippen molar-refractivity contribution in [3.05, 3.63) is 59.9 Å². The maximum atomic E-state index is 13.1. The topological polar surface area (TPSA) is 0 Å². The van der Waals surface area contributed by atoms with Crippen molar-refractivity contribution in [2.75, 3.05) is 0 Å². The standard InChI is InChI=1S/C27H35F/c1-2-3-4-14-26-16-19-27(20-17-26,21-18-26)15-13-22-5-7-23(8-6-22)24-9-11-25(28)12-10-24/h5-12H,2-4,13-21H2,1H3. The third-order valence-corrected chi connectivity index (χ3v) is 7.94. The molecule has 150 valence electrons. The van der Waals surface area contributed by atoms with Gasteiger partial charge in [-0.2, -0.15) is 0 Å². The number of aryl methyl sites for hydroxylation is 1. The van der Waals surface area contributed by atoms with Crippen molar-refractivity contribution in [1.82, 2.24) is 0 Å². The van der Waals surface area contributed by atoms with Gasteiger partial charge in [-0.05, 0) is 97.4 Å². The van der Waals surface area contributed by atoms with E-state index >= 15 is 0 Å². The fraction of sp³-hybridized carbons (Fsp3) is 0.556. The van der Waals surface area contributed by atoms with Gasteiger partial charge < -0.3 is 0 Å². The number of rotatable bonds is 8. The summed E-state index contributed by atoms with van der Waals surface area (Å²) in [6.45, 7) is 2.32. The molecular weight excluding hydrogens is 343 g/mol. The zero-order valence-corrected chi connectivity index (χ0v) is 17.5. The van der Waals surface area contributed by atoms with Crippen molar-refractivity contribution in [3.8, 4) is 11.1 Å². The van der Waals surface area contributed by atoms with Crippen LogP contribution in [-0.4, -0.2) is 0 Å². The van der Waals surface area contributed by atoms with Crippen LogP contribution in [0.25, 0.3) is 11.1 Å². The first kappa shape index (κ1) is 19.7. The Morgan fingerprint density at radius 2 is 1.18 bits per heavy atom. The van der Waals surface area contributed by atoms with Crippen molar-refractivity contribution < 1.29 is 4.39 Å². The van der Waals surface area contributed by atoms with Crippen LogP contribution in [0.1, 0.15) is 83.1 Å². The average molecular weight is 379 g/mol. The highest BCUT2D eigenvalue weighted by Gasteiger charge is 2.47. The third-order valence-electron chi connectivity index (χ3n) is 7.94. The highest BCUT2D eigenvalue weighted by Crippen LogP contribution is 2.60. The van der Waals surface area contributed by atoms with Crippen LogP contribution < -0.4 is 0 Å². The summed E-state index contributed by atoms with van der Waals surface area (Å²) in [6, 6.07) is 15.7. The monoisotopic (exact) mass is 378 g/mol. The summed E-state index contributed by atoms with van der Waals surface area (Å²) >= 11 is 0. The van der Waals surface area contributed by atoms with Gasteiger partial charge in [-0.25, -0.2) is 4.39 Å². The third kappa shape index (κ3) is 4.34. The molecule has 5 rings (SSSR count). The van der Waals surface area contributed by atoms with Crippen LogP contribution in [0, 0.1) is 16.6 Å². The molecule has 0 radical (unpaired) electrons. The minimum absolute atomic E-state index is 0.172. The van der Waals surface area contributed by atoms with Gasteiger partial charge in [0.1, 0.15) is 5.82 Å². The van der Waals surface area contributed by atoms with E-state index in [1.807, 2.05) is 12.1 Å². The molecule has 0 amide bonds. The van der Waals surface area contributed by atoms with E-state index in [-0.39, 0.29) is 5.82 Å². The van der Waals surface area contributed by atoms with E-state index in [0.29, 0.717) is 10.8 Å². The lowest BCUT2D eigenvalue weighted by atomic mass is 9.51. The molecule has 28 heavy (non-hydrogen) atoms. The highest BCUT2D eigenvalue weighted by molar-refractivity contribution is 5.63. The predicted molar refractivity (Wildman–Crippen MR) is 117 cm³/mol. The Kier molecular flexibility index (Phi) is 5.90. The molecule has 1 heteroatoms. The van der Waals surface area contributed by atoms with Crippen LogP contribution in [0.4, 0.5) is 4.39 Å². The summed E-state index contributed by atoms with van der Waals surface area (Å²) in [5.74, 6) is -0.172. The zero-order valence-electron chi connectivity index (χ0n) is 17.5. The van der Waals surface area contributed by atoms with Gasteiger partial charge in [-0.15, -0.1) is 0 Å². The number of unbranched alkanes of at least 4 members (excludes halogenated alkanes) is 2. The van der Waals surface area contributed by atoms with Crippen LogP contribution >= 0.6 is 0 Å². The summed E-state index contributed by atoms with van der Waals surface area (Å²) in [5.41, 5.74) is 5.06. The Balaban J connectivity index is 1.31. The fourth-order valence-corrected chi connectivity index (χ4v) is 5.76. The molecule has 3 aliphatic carbocycles. The molecule has 3 fully saturated rings. The van der Waals surface area contributed by atoms with Gasteiger partial charge >= 0.3 is 0 Å². The molecule has 0 saturated heterocycles. The molecule has 2 aromatic carbocycles. The molecule has 2 aromatic rings. The summed E-state index contributed by atoms with van der Waals surface area (Å²) in [6.07, 6.45) is 17.1. The van der Waals surface area contributed by atoms with Crippen LogP contribution in [0.2, 0.25) is 0 Å². The van der Waals surface area contributed by atoms with E-state index < -0.39 is 0 Å². The van der Waals surface area contributed by atoms with Crippen LogP contribution in [-0.2, 0) is 6.42 Å². The second-order valence-electron chi connectivity index (χ2n) is 9.66. The molecule has 0 heterocycles. The fourth-order valence-electron chi connectivity index (χ4n) is 5.76. The molecule has 0 nitrogen and oxygen atoms in total. The number of hydrogen-bond donors (Lipinski definition) is 0. The summed E-state index contributed by atoms with van der Waals surface area (Å²) in [4.78, 5) is 0. The van der Waals surface area contributed by atoms with Crippen molar-refractivity contribution in [2.45, 2.75) is 84.0 Å². The highest BCUT2D eigenvalue weighted by atomic mass is 19.1. The molecule has 0 spiro atoms. The second-order valence-corrected chi connectivity index (χ2v) is 9.66. The lowest BCUT2D eigenvalue weighted by Crippen LogP contribution is -2.41. The Hall–Kier alpha value is -1.63. The van der Waals surface area contributed by atoms with E-state index in [9.17, 15) is 4.39 Å². The predicted octanol–water partition coefficient (Wildman–Crippen LogP) is 8.35. The van der Waals surface area contributed by atoms with Crippen molar-refractivity contribution in [3.63, 3.8) is 0 Å². The van der Waals surface area contributed by atoms with E-state index in [0.717, 1.165) is 5.56 Å². The zero-order chi connectivity index (χ0) is 19.5. The van der Waals surface area contributed by atoms with E-state index in [4.69, 9.17) is 0 Å². The molecule has 2 bridgehead atoms. The molecule has 3 saturated carbocycles. The smallest absolute Gasteiger partial charge is 0.123 e. The molecular formula is C27H35F. The number of hydrogen-bond acceptors (Lipinski definition) is 0.